The van der Waals surface area contributed by atoms with Crippen LogP contribution in [0.15, 0.2) is 40.8 Å². The lowest BCUT2D eigenvalue weighted by molar-refractivity contribution is -0.122. The number of thiophene rings is 1. The van der Waals surface area contributed by atoms with Gasteiger partial charge in [0.25, 0.3) is 5.56 Å². The molecule has 0 aliphatic carbocycles. The highest BCUT2D eigenvalue weighted by atomic mass is 32.1. The number of carbonyl (C=O) groups is 1. The van der Waals surface area contributed by atoms with Crippen molar-refractivity contribution in [2.75, 3.05) is 0 Å². The molecular weight excluding hydrogens is 348 g/mol. The maximum atomic E-state index is 13.7. The molecule has 1 N–H and O–H groups in total. The summed E-state index contributed by atoms with van der Waals surface area (Å²) >= 11 is 1.38. The van der Waals surface area contributed by atoms with E-state index in [-0.39, 0.29) is 30.0 Å². The van der Waals surface area contributed by atoms with Crippen LogP contribution in [0.25, 0.3) is 10.2 Å². The van der Waals surface area contributed by atoms with E-state index in [1.165, 1.54) is 28.3 Å². The van der Waals surface area contributed by atoms with Gasteiger partial charge in [-0.3, -0.25) is 14.2 Å². The Morgan fingerprint density at radius 3 is 2.92 bits per heavy atom. The Bertz CT molecular complexity index is 983. The molecule has 5 nitrogen and oxygen atoms in total. The van der Waals surface area contributed by atoms with Crippen molar-refractivity contribution in [1.82, 2.24) is 14.9 Å². The Labute approximate surface area is 145 Å². The monoisotopic (exact) mass is 363 g/mol. The number of nitrogens with zero attached hydrogens (tertiary/aromatic N) is 2. The van der Waals surface area contributed by atoms with Crippen molar-refractivity contribution < 1.29 is 13.6 Å². The molecule has 0 radical (unpaired) electrons. The van der Waals surface area contributed by atoms with Gasteiger partial charge in [-0.05, 0) is 24.4 Å². The number of hydrogen-bond acceptors (Lipinski definition) is 4. The third-order valence-electron chi connectivity index (χ3n) is 3.84. The Morgan fingerprint density at radius 2 is 2.16 bits per heavy atom. The minimum atomic E-state index is -0.712. The molecule has 0 spiro atoms. The molecule has 25 heavy (non-hydrogen) atoms. The summed E-state index contributed by atoms with van der Waals surface area (Å²) in [5.41, 5.74) is 0.00459. The van der Waals surface area contributed by atoms with E-state index in [9.17, 15) is 18.4 Å². The second kappa shape index (κ2) is 7.10. The smallest absolute Gasteiger partial charge is 0.262 e. The third-order valence-corrected chi connectivity index (χ3v) is 4.66. The van der Waals surface area contributed by atoms with Gasteiger partial charge < -0.3 is 5.32 Å². The van der Waals surface area contributed by atoms with Crippen LogP contribution in [0.1, 0.15) is 24.9 Å². The SMILES string of the molecule is CC(NC(=O)CCn1cnc2sccc2c1=O)c1ccc(F)cc1F. The number of nitrogens with one attached hydrogen (secondary N) is 1. The molecular formula is C17H15F2N3O2S. The Hall–Kier alpha value is -2.61. The fourth-order valence-corrected chi connectivity index (χ4v) is 3.24. The molecule has 1 atom stereocenters. The summed E-state index contributed by atoms with van der Waals surface area (Å²) in [6.45, 7) is 1.78. The minimum absolute atomic E-state index is 0.0460. The predicted molar refractivity (Wildman–Crippen MR) is 91.4 cm³/mol. The van der Waals surface area contributed by atoms with Crippen molar-refractivity contribution in [3.8, 4) is 0 Å². The van der Waals surface area contributed by atoms with E-state index in [2.05, 4.69) is 10.3 Å². The van der Waals surface area contributed by atoms with E-state index in [1.807, 2.05) is 0 Å². The highest BCUT2D eigenvalue weighted by Crippen LogP contribution is 2.18. The number of aromatic nitrogens is 2. The molecule has 2 aromatic heterocycles. The molecule has 2 heterocycles. The topological polar surface area (TPSA) is 64.0 Å². The number of rotatable bonds is 5. The standard InChI is InChI=1S/C17H15F2N3O2S/c1-10(12-3-2-11(18)8-14(12)19)21-15(23)4-6-22-9-20-16-13(17(22)24)5-7-25-16/h2-3,5,7-10H,4,6H2,1H3,(H,21,23). The van der Waals surface area contributed by atoms with Crippen molar-refractivity contribution in [2.24, 2.45) is 0 Å². The summed E-state index contributed by atoms with van der Waals surface area (Å²) in [7, 11) is 0. The fraction of sp³-hybridized carbons (Fsp3) is 0.235. The fourth-order valence-electron chi connectivity index (χ4n) is 2.52. The molecule has 1 amide bonds. The molecule has 0 aliphatic heterocycles. The van der Waals surface area contributed by atoms with E-state index in [4.69, 9.17) is 0 Å². The number of amides is 1. The van der Waals surface area contributed by atoms with E-state index in [0.29, 0.717) is 10.2 Å². The Morgan fingerprint density at radius 1 is 1.36 bits per heavy atom. The predicted octanol–water partition coefficient (Wildman–Crippen LogP) is 3.00. The van der Waals surface area contributed by atoms with Gasteiger partial charge in [0.05, 0.1) is 17.8 Å². The van der Waals surface area contributed by atoms with Gasteiger partial charge in [-0.15, -0.1) is 11.3 Å². The van der Waals surface area contributed by atoms with Crippen LogP contribution in [0, 0.1) is 11.6 Å². The summed E-state index contributed by atoms with van der Waals surface area (Å²) in [6.07, 6.45) is 1.46. The lowest BCUT2D eigenvalue weighted by atomic mass is 10.1. The van der Waals surface area contributed by atoms with Gasteiger partial charge >= 0.3 is 0 Å². The second-order valence-electron chi connectivity index (χ2n) is 5.59. The third kappa shape index (κ3) is 3.74. The zero-order chi connectivity index (χ0) is 18.0. The molecule has 1 unspecified atom stereocenters. The van der Waals surface area contributed by atoms with Crippen LogP contribution >= 0.6 is 11.3 Å². The van der Waals surface area contributed by atoms with Gasteiger partial charge in [0, 0.05) is 24.6 Å². The first-order valence-electron chi connectivity index (χ1n) is 7.62. The van der Waals surface area contributed by atoms with Crippen molar-refractivity contribution in [2.45, 2.75) is 25.9 Å². The van der Waals surface area contributed by atoms with Crippen LogP contribution in [-0.2, 0) is 11.3 Å². The number of carbonyl (C=O) groups excluding carboxylic acids is 1. The number of aryl methyl sites for hydroxylation is 1. The van der Waals surface area contributed by atoms with Crippen LogP contribution in [-0.4, -0.2) is 15.5 Å². The Kier molecular flexibility index (Phi) is 4.89. The number of benzene rings is 1. The van der Waals surface area contributed by atoms with Gasteiger partial charge in [0.2, 0.25) is 5.91 Å². The summed E-state index contributed by atoms with van der Waals surface area (Å²) in [5.74, 6) is -1.72. The number of halogens is 2. The molecule has 0 bridgehead atoms. The highest BCUT2D eigenvalue weighted by molar-refractivity contribution is 7.16. The maximum Gasteiger partial charge on any atom is 0.262 e. The molecule has 130 valence electrons. The molecule has 1 aromatic carbocycles. The van der Waals surface area contributed by atoms with Crippen LogP contribution in [0.2, 0.25) is 0 Å². The van der Waals surface area contributed by atoms with Crippen LogP contribution in [0.5, 0.6) is 0 Å². The molecule has 3 rings (SSSR count). The first-order chi connectivity index (χ1) is 12.0. The van der Waals surface area contributed by atoms with E-state index >= 15 is 0 Å². The lowest BCUT2D eigenvalue weighted by Gasteiger charge is -2.15. The zero-order valence-electron chi connectivity index (χ0n) is 13.3. The summed E-state index contributed by atoms with van der Waals surface area (Å²) < 4.78 is 28.0. The average Bonchev–Trinajstić information content (AvgIpc) is 3.03. The second-order valence-corrected chi connectivity index (χ2v) is 6.48. The number of hydrogen-bond donors (Lipinski definition) is 1. The molecule has 3 aromatic rings. The van der Waals surface area contributed by atoms with Crippen molar-refractivity contribution in [1.29, 1.82) is 0 Å². The molecule has 8 heteroatoms. The van der Waals surface area contributed by atoms with Gasteiger partial charge in [-0.2, -0.15) is 0 Å². The molecule has 0 saturated heterocycles. The van der Waals surface area contributed by atoms with Gasteiger partial charge in [0.1, 0.15) is 16.5 Å². The zero-order valence-corrected chi connectivity index (χ0v) is 14.1. The quantitative estimate of drug-likeness (QED) is 0.758. The first kappa shape index (κ1) is 17.2. The normalized spacial score (nSPS) is 12.3. The van der Waals surface area contributed by atoms with Crippen molar-refractivity contribution in [3.63, 3.8) is 0 Å². The largest absolute Gasteiger partial charge is 0.349 e. The van der Waals surface area contributed by atoms with Crippen molar-refractivity contribution >= 4 is 27.5 Å². The van der Waals surface area contributed by atoms with E-state index in [0.717, 1.165) is 12.1 Å². The van der Waals surface area contributed by atoms with Crippen LogP contribution < -0.4 is 10.9 Å². The highest BCUT2D eigenvalue weighted by Gasteiger charge is 2.14. The summed E-state index contributed by atoms with van der Waals surface area (Å²) in [5, 5.41) is 4.95. The van der Waals surface area contributed by atoms with E-state index in [1.54, 1.807) is 18.4 Å². The van der Waals surface area contributed by atoms with Gasteiger partial charge in [-0.25, -0.2) is 13.8 Å². The summed E-state index contributed by atoms with van der Waals surface area (Å²) in [4.78, 5) is 29.1. The summed E-state index contributed by atoms with van der Waals surface area (Å²) in [6, 6.07) is 4.31. The molecule has 0 fully saturated rings. The van der Waals surface area contributed by atoms with Gasteiger partial charge in [-0.1, -0.05) is 6.07 Å². The lowest BCUT2D eigenvalue weighted by Crippen LogP contribution is -2.29. The van der Waals surface area contributed by atoms with Crippen LogP contribution in [0.4, 0.5) is 8.78 Å². The average molecular weight is 363 g/mol. The van der Waals surface area contributed by atoms with Crippen LogP contribution in [0.3, 0.4) is 0 Å². The first-order valence-corrected chi connectivity index (χ1v) is 8.50. The van der Waals surface area contributed by atoms with E-state index < -0.39 is 17.7 Å². The molecule has 0 saturated carbocycles. The minimum Gasteiger partial charge on any atom is -0.349 e. The number of fused-ring (bicyclic) bond motifs is 1. The maximum absolute atomic E-state index is 13.7. The Balaban J connectivity index is 1.64. The van der Waals surface area contributed by atoms with Gasteiger partial charge in [0.15, 0.2) is 0 Å². The molecule has 0 aliphatic rings. The van der Waals surface area contributed by atoms with Crippen molar-refractivity contribution in [3.05, 3.63) is 63.5 Å².